The zero-order chi connectivity index (χ0) is 25.2. The van der Waals surface area contributed by atoms with E-state index in [0.29, 0.717) is 10.0 Å². The van der Waals surface area contributed by atoms with E-state index in [4.69, 9.17) is 39.4 Å². The summed E-state index contributed by atoms with van der Waals surface area (Å²) >= 11 is 11.9. The number of hydrogen-bond acceptors (Lipinski definition) is 5. The summed E-state index contributed by atoms with van der Waals surface area (Å²) in [5.74, 6) is 2.41. The van der Waals surface area contributed by atoms with Crippen LogP contribution >= 0.6 is 23.2 Å². The molecular weight excluding hydrogens is 495 g/mol. The number of nitrogen functional groups attached to an aromatic ring is 2. The van der Waals surface area contributed by atoms with Crippen LogP contribution in [0.4, 0.5) is 11.4 Å². The van der Waals surface area contributed by atoms with Gasteiger partial charge in [-0.25, -0.2) is 9.97 Å². The highest BCUT2D eigenvalue weighted by molar-refractivity contribution is 6.42. The first-order chi connectivity index (χ1) is 17.4. The molecule has 0 aliphatic rings. The van der Waals surface area contributed by atoms with Crippen molar-refractivity contribution in [3.63, 3.8) is 0 Å². The number of halogens is 2. The van der Waals surface area contributed by atoms with Gasteiger partial charge in [-0.1, -0.05) is 23.2 Å². The van der Waals surface area contributed by atoms with E-state index in [2.05, 4.69) is 19.9 Å². The maximum Gasteiger partial charge on any atom is 0.138 e. The summed E-state index contributed by atoms with van der Waals surface area (Å²) < 4.78 is 5.19. The van der Waals surface area contributed by atoms with Crippen LogP contribution in [0, 0.1) is 0 Å². The van der Waals surface area contributed by atoms with Gasteiger partial charge in [0.2, 0.25) is 0 Å². The summed E-state index contributed by atoms with van der Waals surface area (Å²) in [6.45, 7) is 0. The molecular formula is C27H22Cl2N6O. The second-order valence-electron chi connectivity index (χ2n) is 8.08. The lowest BCUT2D eigenvalue weighted by molar-refractivity contribution is 0.415. The average molecular weight is 517 g/mol. The highest BCUT2D eigenvalue weighted by Crippen LogP contribution is 2.29. The number of H-pyrrole nitrogens is 2. The molecule has 0 fully saturated rings. The Balaban J connectivity index is 0.000000148. The molecule has 0 bridgehead atoms. The van der Waals surface area contributed by atoms with E-state index in [1.54, 1.807) is 19.2 Å². The Labute approximate surface area is 217 Å². The molecule has 0 atom stereocenters. The topological polar surface area (TPSA) is 119 Å². The summed E-state index contributed by atoms with van der Waals surface area (Å²) in [5, 5.41) is 1.01. The van der Waals surface area contributed by atoms with Crippen molar-refractivity contribution in [3.8, 4) is 28.5 Å². The lowest BCUT2D eigenvalue weighted by atomic mass is 10.2. The molecule has 0 saturated heterocycles. The Hall–Kier alpha value is -4.20. The van der Waals surface area contributed by atoms with E-state index in [0.717, 1.165) is 62.0 Å². The van der Waals surface area contributed by atoms with Gasteiger partial charge in [-0.05, 0) is 72.8 Å². The fourth-order valence-corrected chi connectivity index (χ4v) is 4.00. The molecule has 0 aliphatic heterocycles. The van der Waals surface area contributed by atoms with Gasteiger partial charge in [0.1, 0.15) is 17.4 Å². The zero-order valence-electron chi connectivity index (χ0n) is 19.2. The zero-order valence-corrected chi connectivity index (χ0v) is 20.7. The number of nitrogens with zero attached hydrogens (tertiary/aromatic N) is 2. The minimum atomic E-state index is 0.500. The number of ether oxygens (including phenoxy) is 1. The van der Waals surface area contributed by atoms with Crippen LogP contribution in [-0.4, -0.2) is 27.0 Å². The lowest BCUT2D eigenvalue weighted by Crippen LogP contribution is -1.84. The first-order valence-electron chi connectivity index (χ1n) is 11.0. The number of anilines is 2. The second-order valence-corrected chi connectivity index (χ2v) is 8.90. The van der Waals surface area contributed by atoms with Gasteiger partial charge < -0.3 is 26.2 Å². The minimum Gasteiger partial charge on any atom is -0.497 e. The van der Waals surface area contributed by atoms with E-state index < -0.39 is 0 Å². The minimum absolute atomic E-state index is 0.500. The number of nitrogens with two attached hydrogens (primary N) is 2. The number of fused-ring (bicyclic) bond motifs is 2. The monoisotopic (exact) mass is 516 g/mol. The molecule has 0 saturated carbocycles. The molecule has 0 radical (unpaired) electrons. The van der Waals surface area contributed by atoms with Gasteiger partial charge in [-0.3, -0.25) is 0 Å². The molecule has 6 N–H and O–H groups in total. The number of rotatable bonds is 3. The molecule has 0 spiro atoms. The third-order valence-corrected chi connectivity index (χ3v) is 6.30. The van der Waals surface area contributed by atoms with Crippen molar-refractivity contribution in [2.45, 2.75) is 0 Å². The molecule has 7 nitrogen and oxygen atoms in total. The van der Waals surface area contributed by atoms with Crippen LogP contribution in [0.25, 0.3) is 44.8 Å². The average Bonchev–Trinajstić information content (AvgIpc) is 3.49. The molecule has 6 aromatic rings. The van der Waals surface area contributed by atoms with Gasteiger partial charge in [0, 0.05) is 28.6 Å². The Morgan fingerprint density at radius 2 is 1.14 bits per heavy atom. The van der Waals surface area contributed by atoms with E-state index in [-0.39, 0.29) is 0 Å². The fourth-order valence-electron chi connectivity index (χ4n) is 3.68. The molecule has 2 aromatic heterocycles. The molecule has 4 aromatic carbocycles. The van der Waals surface area contributed by atoms with Crippen molar-refractivity contribution in [2.75, 3.05) is 18.6 Å². The van der Waals surface area contributed by atoms with Crippen molar-refractivity contribution < 1.29 is 4.74 Å². The fraction of sp³-hybridized carbons (Fsp3) is 0.0370. The van der Waals surface area contributed by atoms with Gasteiger partial charge in [-0.15, -0.1) is 0 Å². The number of hydrogen-bond donors (Lipinski definition) is 4. The van der Waals surface area contributed by atoms with Gasteiger partial charge >= 0.3 is 0 Å². The largest absolute Gasteiger partial charge is 0.497 e. The second kappa shape index (κ2) is 9.81. The Morgan fingerprint density at radius 1 is 0.639 bits per heavy atom. The predicted molar refractivity (Wildman–Crippen MR) is 148 cm³/mol. The third-order valence-electron chi connectivity index (χ3n) is 5.58. The van der Waals surface area contributed by atoms with Crippen LogP contribution in [0.3, 0.4) is 0 Å². The predicted octanol–water partition coefficient (Wildman–Crippen LogP) is 6.94. The molecule has 9 heteroatoms. The Morgan fingerprint density at radius 3 is 1.69 bits per heavy atom. The molecule has 180 valence electrons. The maximum absolute atomic E-state index is 5.97. The number of nitrogens with one attached hydrogen (secondary N) is 2. The molecule has 6 rings (SSSR count). The summed E-state index contributed by atoms with van der Waals surface area (Å²) in [5.41, 5.74) is 18.3. The summed E-state index contributed by atoms with van der Waals surface area (Å²) in [6, 6.07) is 24.4. The van der Waals surface area contributed by atoms with Crippen LogP contribution in [0.2, 0.25) is 10.0 Å². The van der Waals surface area contributed by atoms with Gasteiger partial charge in [-0.2, -0.15) is 0 Å². The van der Waals surface area contributed by atoms with E-state index in [9.17, 15) is 0 Å². The van der Waals surface area contributed by atoms with Crippen LogP contribution in [0.15, 0.2) is 78.9 Å². The van der Waals surface area contributed by atoms with Crippen molar-refractivity contribution in [1.29, 1.82) is 0 Å². The first-order valence-corrected chi connectivity index (χ1v) is 11.8. The van der Waals surface area contributed by atoms with Gasteiger partial charge in [0.15, 0.2) is 0 Å². The van der Waals surface area contributed by atoms with Crippen LogP contribution < -0.4 is 16.2 Å². The van der Waals surface area contributed by atoms with Gasteiger partial charge in [0.25, 0.3) is 0 Å². The number of aromatic amines is 2. The number of benzene rings is 4. The van der Waals surface area contributed by atoms with Crippen molar-refractivity contribution in [2.24, 2.45) is 0 Å². The maximum atomic E-state index is 5.97. The molecule has 2 heterocycles. The number of aromatic nitrogens is 4. The van der Waals surface area contributed by atoms with E-state index >= 15 is 0 Å². The highest BCUT2D eigenvalue weighted by atomic mass is 35.5. The van der Waals surface area contributed by atoms with Crippen molar-refractivity contribution >= 4 is 56.6 Å². The molecule has 36 heavy (non-hydrogen) atoms. The standard InChI is InChI=1S/C14H13N3O.C13H9Cl2N3/c1-18-11-6-7-12-13(8-11)17-14(16-12)9-2-4-10(15)5-3-9;14-9-5-11-12(6-10(9)15)18-13(17-11)7-1-3-8(16)4-2-7/h2-8H,15H2,1H3,(H,16,17);1-6H,16H2,(H,17,18). The van der Waals surface area contributed by atoms with Crippen LogP contribution in [-0.2, 0) is 0 Å². The Kier molecular flexibility index (Phi) is 6.41. The van der Waals surface area contributed by atoms with Crippen molar-refractivity contribution in [3.05, 3.63) is 88.9 Å². The highest BCUT2D eigenvalue weighted by Gasteiger charge is 2.08. The van der Waals surface area contributed by atoms with E-state index in [1.165, 1.54) is 0 Å². The van der Waals surface area contributed by atoms with Crippen LogP contribution in [0.1, 0.15) is 0 Å². The Bertz CT molecular complexity index is 1620. The normalized spacial score (nSPS) is 10.9. The van der Waals surface area contributed by atoms with Crippen molar-refractivity contribution in [1.82, 2.24) is 19.9 Å². The SMILES string of the molecule is COc1ccc2nc(-c3ccc(N)cc3)[nH]c2c1.Nc1ccc(-c2nc3cc(Cl)c(Cl)cc3[nH]2)cc1. The molecule has 0 aliphatic carbocycles. The first kappa shape index (κ1) is 23.5. The summed E-state index contributed by atoms with van der Waals surface area (Å²) in [6.07, 6.45) is 0. The molecule has 0 unspecified atom stereocenters. The molecule has 0 amide bonds. The van der Waals surface area contributed by atoms with Crippen LogP contribution in [0.5, 0.6) is 5.75 Å². The number of imidazole rings is 2. The van der Waals surface area contributed by atoms with E-state index in [1.807, 2.05) is 66.7 Å². The van der Waals surface area contributed by atoms with Gasteiger partial charge in [0.05, 0.1) is 39.2 Å². The summed E-state index contributed by atoms with van der Waals surface area (Å²) in [7, 11) is 1.65. The third kappa shape index (κ3) is 4.93. The quantitative estimate of drug-likeness (QED) is 0.190. The summed E-state index contributed by atoms with van der Waals surface area (Å²) in [4.78, 5) is 15.5. The lowest BCUT2D eigenvalue weighted by Gasteiger charge is -1.97. The smallest absolute Gasteiger partial charge is 0.138 e. The number of methoxy groups -OCH3 is 1.